The second-order valence-corrected chi connectivity index (χ2v) is 11.8. The van der Waals surface area contributed by atoms with Crippen LogP contribution in [0.15, 0.2) is 168 Å². The summed E-state index contributed by atoms with van der Waals surface area (Å²) in [5.74, 6) is 0.273. The number of rotatable bonds is 6. The van der Waals surface area contributed by atoms with Gasteiger partial charge in [-0.15, -0.1) is 0 Å². The maximum absolute atomic E-state index is 6.46. The first kappa shape index (κ1) is 32.2. The second kappa shape index (κ2) is 15.2. The molecular formula is C45H40N2O. The van der Waals surface area contributed by atoms with Gasteiger partial charge in [-0.2, -0.15) is 0 Å². The third-order valence-electron chi connectivity index (χ3n) is 8.80. The second-order valence-electron chi connectivity index (χ2n) is 11.8. The molecule has 1 heterocycles. The van der Waals surface area contributed by atoms with Gasteiger partial charge in [-0.05, 0) is 71.3 Å². The molecule has 0 amide bonds. The van der Waals surface area contributed by atoms with Gasteiger partial charge in [0.25, 0.3) is 0 Å². The fourth-order valence-electron chi connectivity index (χ4n) is 6.47. The third kappa shape index (κ3) is 6.83. The number of benzene rings is 7. The van der Waals surface area contributed by atoms with E-state index in [-0.39, 0.29) is 5.92 Å². The minimum atomic E-state index is 0.273. The lowest BCUT2D eigenvalue weighted by Gasteiger charge is -2.18. The predicted molar refractivity (Wildman–Crippen MR) is 205 cm³/mol. The quantitative estimate of drug-likeness (QED) is 0.181. The fourth-order valence-corrected chi connectivity index (χ4v) is 6.47. The fraction of sp³-hybridized carbons (Fsp3) is 0.0889. The number of nitrogens with one attached hydrogen (secondary N) is 1. The number of hydrogen-bond acceptors (Lipinski definition) is 3. The van der Waals surface area contributed by atoms with Gasteiger partial charge in [0.2, 0.25) is 0 Å². The van der Waals surface area contributed by atoms with Gasteiger partial charge >= 0.3 is 0 Å². The first-order valence-electron chi connectivity index (χ1n) is 16.4. The van der Waals surface area contributed by atoms with E-state index in [4.69, 9.17) is 15.6 Å². The molecule has 0 saturated heterocycles. The third-order valence-corrected chi connectivity index (χ3v) is 8.80. The molecule has 3 N–H and O–H groups in total. The first-order chi connectivity index (χ1) is 23.7. The number of hydrogen-bond donors (Lipinski definition) is 2. The molecule has 8 rings (SSSR count). The molecule has 48 heavy (non-hydrogen) atoms. The van der Waals surface area contributed by atoms with Crippen LogP contribution in [0.4, 0.5) is 0 Å². The molecule has 0 aliphatic heterocycles. The van der Waals surface area contributed by atoms with Crippen LogP contribution in [0.25, 0.3) is 55.0 Å². The van der Waals surface area contributed by atoms with Crippen molar-refractivity contribution in [3.05, 3.63) is 180 Å². The molecule has 0 saturated carbocycles. The Morgan fingerprint density at radius 3 is 1.94 bits per heavy atom. The van der Waals surface area contributed by atoms with E-state index in [1.54, 1.807) is 0 Å². The van der Waals surface area contributed by atoms with Crippen LogP contribution in [0, 0.1) is 12.3 Å². The van der Waals surface area contributed by atoms with Gasteiger partial charge in [0.05, 0.1) is 0 Å². The van der Waals surface area contributed by atoms with E-state index in [2.05, 4.69) is 171 Å². The van der Waals surface area contributed by atoms with Crippen molar-refractivity contribution >= 4 is 39.4 Å². The van der Waals surface area contributed by atoms with Crippen molar-refractivity contribution in [3.8, 4) is 22.3 Å². The maximum atomic E-state index is 6.46. The zero-order chi connectivity index (χ0) is 33.3. The van der Waals surface area contributed by atoms with E-state index in [0.29, 0.717) is 6.54 Å². The molecule has 236 valence electrons. The topological polar surface area (TPSA) is 63.0 Å². The van der Waals surface area contributed by atoms with Gasteiger partial charge in [0, 0.05) is 22.3 Å². The smallest absolute Gasteiger partial charge is 0.143 e. The Kier molecular flexibility index (Phi) is 10.2. The van der Waals surface area contributed by atoms with Crippen LogP contribution in [-0.2, 0) is 0 Å². The molecule has 1 atom stereocenters. The Morgan fingerprint density at radius 2 is 1.19 bits per heavy atom. The lowest BCUT2D eigenvalue weighted by molar-refractivity contribution is 0.670. The van der Waals surface area contributed by atoms with Gasteiger partial charge in [-0.3, -0.25) is 0 Å². The van der Waals surface area contributed by atoms with E-state index in [9.17, 15) is 0 Å². The Morgan fingerprint density at radius 1 is 0.583 bits per heavy atom. The molecule has 0 fully saturated rings. The lowest BCUT2D eigenvalue weighted by Crippen LogP contribution is -2.08. The SMILES string of the molecule is C=N.Cc1ccc(-c2ccccc2)cc1.NCCC(c1ccccc1)c1cccc(-c2cccc3c2oc2ccc4ccccc4c23)c1. The number of fused-ring (bicyclic) bond motifs is 5. The average molecular weight is 625 g/mol. The van der Waals surface area contributed by atoms with Crippen LogP contribution < -0.4 is 5.73 Å². The van der Waals surface area contributed by atoms with Crippen molar-refractivity contribution in [3.63, 3.8) is 0 Å². The molecule has 1 unspecified atom stereocenters. The number of furan rings is 1. The largest absolute Gasteiger partial charge is 0.455 e. The summed E-state index contributed by atoms with van der Waals surface area (Å²) in [7, 11) is 0. The van der Waals surface area contributed by atoms with E-state index in [1.165, 1.54) is 49.5 Å². The normalized spacial score (nSPS) is 11.4. The van der Waals surface area contributed by atoms with E-state index >= 15 is 0 Å². The van der Waals surface area contributed by atoms with E-state index in [1.807, 2.05) is 6.07 Å². The highest BCUT2D eigenvalue weighted by Gasteiger charge is 2.17. The summed E-state index contributed by atoms with van der Waals surface area (Å²) in [6.07, 6.45) is 0.911. The summed E-state index contributed by atoms with van der Waals surface area (Å²) in [5, 5.41) is 10.3. The van der Waals surface area contributed by atoms with E-state index in [0.717, 1.165) is 28.5 Å². The van der Waals surface area contributed by atoms with Gasteiger partial charge in [-0.1, -0.05) is 163 Å². The Balaban J connectivity index is 0.000000224. The zero-order valence-electron chi connectivity index (χ0n) is 27.3. The summed E-state index contributed by atoms with van der Waals surface area (Å²) in [6, 6.07) is 57.7. The highest BCUT2D eigenvalue weighted by atomic mass is 16.3. The van der Waals surface area contributed by atoms with E-state index < -0.39 is 0 Å². The highest BCUT2D eigenvalue weighted by Crippen LogP contribution is 2.40. The Bertz CT molecular complexity index is 2240. The minimum absolute atomic E-state index is 0.273. The summed E-state index contributed by atoms with van der Waals surface area (Å²) in [6.45, 7) is 5.25. The number of aryl methyl sites for hydroxylation is 1. The monoisotopic (exact) mass is 624 g/mol. The molecule has 0 aliphatic rings. The molecule has 3 heteroatoms. The van der Waals surface area contributed by atoms with Crippen LogP contribution in [0.5, 0.6) is 0 Å². The summed E-state index contributed by atoms with van der Waals surface area (Å²) in [5.41, 5.74) is 16.6. The number of para-hydroxylation sites is 1. The Hall–Kier alpha value is -5.77. The molecule has 0 aliphatic carbocycles. The summed E-state index contributed by atoms with van der Waals surface area (Å²) < 4.78 is 6.46. The van der Waals surface area contributed by atoms with Gasteiger partial charge in [-0.25, -0.2) is 0 Å². The molecule has 3 nitrogen and oxygen atoms in total. The minimum Gasteiger partial charge on any atom is -0.455 e. The van der Waals surface area contributed by atoms with Crippen LogP contribution >= 0.6 is 0 Å². The Labute approximate surface area is 282 Å². The molecular weight excluding hydrogens is 585 g/mol. The summed E-state index contributed by atoms with van der Waals surface area (Å²) >= 11 is 0. The molecule has 0 radical (unpaired) electrons. The molecule has 7 aromatic carbocycles. The van der Waals surface area contributed by atoms with Crippen LogP contribution in [0.1, 0.15) is 29.0 Å². The van der Waals surface area contributed by atoms with Gasteiger partial charge < -0.3 is 15.6 Å². The van der Waals surface area contributed by atoms with Crippen molar-refractivity contribution < 1.29 is 4.42 Å². The highest BCUT2D eigenvalue weighted by molar-refractivity contribution is 6.20. The lowest BCUT2D eigenvalue weighted by atomic mass is 9.87. The van der Waals surface area contributed by atoms with Crippen molar-refractivity contribution in [2.45, 2.75) is 19.3 Å². The standard InChI is InChI=1S/C31H25NO.C13H12.CH3N/c32-19-18-25(21-8-2-1-3-9-21)23-11-6-12-24(20-23)27-14-7-15-28-30-26-13-5-4-10-22(26)16-17-29(30)33-31(27)28;1-11-7-9-13(10-8-11)12-5-3-2-4-6-12;1-2/h1-17,20,25H,18-19,32H2;2-10H,1H3;2H,1H2. The van der Waals surface area contributed by atoms with Crippen molar-refractivity contribution in [1.82, 2.24) is 0 Å². The van der Waals surface area contributed by atoms with Crippen molar-refractivity contribution in [1.29, 1.82) is 5.41 Å². The van der Waals surface area contributed by atoms with Crippen molar-refractivity contribution in [2.24, 2.45) is 5.73 Å². The molecule has 1 aromatic heterocycles. The van der Waals surface area contributed by atoms with Gasteiger partial charge in [0.15, 0.2) is 0 Å². The first-order valence-corrected chi connectivity index (χ1v) is 16.4. The average Bonchev–Trinajstić information content (AvgIpc) is 3.56. The van der Waals surface area contributed by atoms with Crippen LogP contribution in [0.3, 0.4) is 0 Å². The van der Waals surface area contributed by atoms with Crippen LogP contribution in [0.2, 0.25) is 0 Å². The molecule has 0 bridgehead atoms. The summed E-state index contributed by atoms with van der Waals surface area (Å²) in [4.78, 5) is 0. The predicted octanol–water partition coefficient (Wildman–Crippen LogP) is 11.8. The maximum Gasteiger partial charge on any atom is 0.143 e. The van der Waals surface area contributed by atoms with Gasteiger partial charge in [0.1, 0.15) is 11.2 Å². The zero-order valence-corrected chi connectivity index (χ0v) is 27.3. The van der Waals surface area contributed by atoms with Crippen LogP contribution in [-0.4, -0.2) is 13.3 Å². The number of nitrogens with two attached hydrogens (primary N) is 1. The molecule has 8 aromatic rings. The molecule has 0 spiro atoms. The van der Waals surface area contributed by atoms with Crippen molar-refractivity contribution in [2.75, 3.05) is 6.54 Å².